The highest BCUT2D eigenvalue weighted by Gasteiger charge is 2.09. The largest absolute Gasteiger partial charge is 0.308 e. The molecule has 0 unspecified atom stereocenters. The molecule has 0 fully saturated rings. The van der Waals surface area contributed by atoms with Crippen LogP contribution >= 0.6 is 27.7 Å². The van der Waals surface area contributed by atoms with E-state index in [0.717, 1.165) is 11.0 Å². The number of halogens is 1. The number of hydrogen-bond acceptors (Lipinski definition) is 2. The molecule has 0 atom stereocenters. The SMILES string of the molecule is Cc1cccc(Sc2ccc(CNC(C)(C)C)cc2Br)c1. The molecule has 0 amide bonds. The fourth-order valence-electron chi connectivity index (χ4n) is 1.91. The molecule has 0 saturated carbocycles. The molecule has 0 bridgehead atoms. The Labute approximate surface area is 140 Å². The van der Waals surface area contributed by atoms with Crippen molar-refractivity contribution in [2.24, 2.45) is 0 Å². The third-order valence-electron chi connectivity index (χ3n) is 3.04. The Morgan fingerprint density at radius 3 is 2.48 bits per heavy atom. The van der Waals surface area contributed by atoms with Crippen LogP contribution in [0, 0.1) is 6.92 Å². The first-order valence-corrected chi connectivity index (χ1v) is 8.72. The Bertz CT molecular complexity index is 617. The minimum atomic E-state index is 0.140. The van der Waals surface area contributed by atoms with Gasteiger partial charge in [-0.2, -0.15) is 0 Å². The summed E-state index contributed by atoms with van der Waals surface area (Å²) in [5.41, 5.74) is 2.73. The van der Waals surface area contributed by atoms with Crippen molar-refractivity contribution < 1.29 is 0 Å². The van der Waals surface area contributed by atoms with Gasteiger partial charge in [-0.05, 0) is 73.5 Å². The van der Waals surface area contributed by atoms with Gasteiger partial charge in [-0.25, -0.2) is 0 Å². The van der Waals surface area contributed by atoms with Crippen molar-refractivity contribution in [2.45, 2.75) is 49.6 Å². The second-order valence-electron chi connectivity index (χ2n) is 6.29. The number of benzene rings is 2. The van der Waals surface area contributed by atoms with Crippen LogP contribution in [0.2, 0.25) is 0 Å². The topological polar surface area (TPSA) is 12.0 Å². The zero-order chi connectivity index (χ0) is 15.5. The van der Waals surface area contributed by atoms with Crippen LogP contribution in [0.1, 0.15) is 31.9 Å². The smallest absolute Gasteiger partial charge is 0.0318 e. The summed E-state index contributed by atoms with van der Waals surface area (Å²) in [4.78, 5) is 2.52. The van der Waals surface area contributed by atoms with E-state index in [1.807, 2.05) is 0 Å². The first-order chi connectivity index (χ1) is 9.83. The summed E-state index contributed by atoms with van der Waals surface area (Å²) < 4.78 is 1.15. The van der Waals surface area contributed by atoms with Crippen LogP contribution in [0.5, 0.6) is 0 Å². The van der Waals surface area contributed by atoms with Crippen molar-refractivity contribution in [3.63, 3.8) is 0 Å². The first-order valence-electron chi connectivity index (χ1n) is 7.11. The van der Waals surface area contributed by atoms with Gasteiger partial charge in [-0.1, -0.05) is 35.5 Å². The van der Waals surface area contributed by atoms with Gasteiger partial charge in [0.2, 0.25) is 0 Å². The third-order valence-corrected chi connectivity index (χ3v) is 5.02. The molecule has 21 heavy (non-hydrogen) atoms. The maximum atomic E-state index is 3.69. The van der Waals surface area contributed by atoms with Crippen LogP contribution in [-0.2, 0) is 6.54 Å². The molecule has 0 aliphatic heterocycles. The van der Waals surface area contributed by atoms with Crippen molar-refractivity contribution in [3.8, 4) is 0 Å². The predicted octanol–water partition coefficient (Wildman–Crippen LogP) is 5.80. The summed E-state index contributed by atoms with van der Waals surface area (Å²) in [7, 11) is 0. The number of rotatable bonds is 4. The van der Waals surface area contributed by atoms with E-state index in [0.29, 0.717) is 0 Å². The van der Waals surface area contributed by atoms with Gasteiger partial charge in [-0.3, -0.25) is 0 Å². The van der Waals surface area contributed by atoms with E-state index in [-0.39, 0.29) is 5.54 Å². The molecular formula is C18H22BrNS. The molecule has 3 heteroatoms. The maximum absolute atomic E-state index is 3.69. The van der Waals surface area contributed by atoms with E-state index in [1.165, 1.54) is 20.9 Å². The molecule has 0 radical (unpaired) electrons. The maximum Gasteiger partial charge on any atom is 0.0318 e. The normalized spacial score (nSPS) is 11.7. The molecule has 2 rings (SSSR count). The Morgan fingerprint density at radius 2 is 1.86 bits per heavy atom. The second kappa shape index (κ2) is 6.99. The molecule has 1 N–H and O–H groups in total. The van der Waals surface area contributed by atoms with Crippen LogP contribution in [0.25, 0.3) is 0 Å². The van der Waals surface area contributed by atoms with Crippen molar-refractivity contribution in [3.05, 3.63) is 58.1 Å². The van der Waals surface area contributed by atoms with E-state index in [2.05, 4.69) is 91.4 Å². The average molecular weight is 364 g/mol. The first kappa shape index (κ1) is 16.6. The summed E-state index contributed by atoms with van der Waals surface area (Å²) in [6, 6.07) is 15.2. The standard InChI is InChI=1S/C18H22BrNS/c1-13-6-5-7-15(10-13)21-17-9-8-14(11-16(17)19)12-20-18(2,3)4/h5-11,20H,12H2,1-4H3. The van der Waals surface area contributed by atoms with Gasteiger partial charge in [0, 0.05) is 26.3 Å². The summed E-state index contributed by atoms with van der Waals surface area (Å²) in [5.74, 6) is 0. The molecular weight excluding hydrogens is 342 g/mol. The monoisotopic (exact) mass is 363 g/mol. The lowest BCUT2D eigenvalue weighted by atomic mass is 10.1. The Balaban J connectivity index is 2.09. The molecule has 112 valence electrons. The lowest BCUT2D eigenvalue weighted by Gasteiger charge is -2.20. The van der Waals surface area contributed by atoms with E-state index in [4.69, 9.17) is 0 Å². The van der Waals surface area contributed by atoms with E-state index in [1.54, 1.807) is 11.8 Å². The summed E-state index contributed by atoms with van der Waals surface area (Å²) >= 11 is 5.49. The van der Waals surface area contributed by atoms with Gasteiger partial charge in [0.1, 0.15) is 0 Å². The van der Waals surface area contributed by atoms with Crippen LogP contribution in [0.4, 0.5) is 0 Å². The van der Waals surface area contributed by atoms with Crippen molar-refractivity contribution in [1.82, 2.24) is 5.32 Å². The Kier molecular flexibility index (Phi) is 5.53. The minimum Gasteiger partial charge on any atom is -0.308 e. The minimum absolute atomic E-state index is 0.140. The number of nitrogens with one attached hydrogen (secondary N) is 1. The molecule has 0 aliphatic carbocycles. The van der Waals surface area contributed by atoms with Crippen LogP contribution in [0.15, 0.2) is 56.7 Å². The molecule has 2 aromatic carbocycles. The summed E-state index contributed by atoms with van der Waals surface area (Å²) in [6.45, 7) is 9.57. The highest BCUT2D eigenvalue weighted by Crippen LogP contribution is 2.34. The summed E-state index contributed by atoms with van der Waals surface area (Å²) in [5, 5.41) is 3.51. The molecule has 1 nitrogen and oxygen atoms in total. The number of hydrogen-bond donors (Lipinski definition) is 1. The highest BCUT2D eigenvalue weighted by atomic mass is 79.9. The van der Waals surface area contributed by atoms with Gasteiger partial charge in [-0.15, -0.1) is 0 Å². The van der Waals surface area contributed by atoms with Crippen molar-refractivity contribution in [1.29, 1.82) is 0 Å². The van der Waals surface area contributed by atoms with Crippen LogP contribution in [-0.4, -0.2) is 5.54 Å². The fourth-order valence-corrected chi connectivity index (χ4v) is 3.52. The average Bonchev–Trinajstić information content (AvgIpc) is 2.38. The third kappa shape index (κ3) is 5.50. The van der Waals surface area contributed by atoms with Gasteiger partial charge in [0.05, 0.1) is 0 Å². The van der Waals surface area contributed by atoms with Crippen molar-refractivity contribution >= 4 is 27.7 Å². The number of aryl methyl sites for hydroxylation is 1. The highest BCUT2D eigenvalue weighted by molar-refractivity contribution is 9.10. The quantitative estimate of drug-likeness (QED) is 0.736. The van der Waals surface area contributed by atoms with Crippen LogP contribution < -0.4 is 5.32 Å². The molecule has 0 saturated heterocycles. The van der Waals surface area contributed by atoms with Crippen molar-refractivity contribution in [2.75, 3.05) is 0 Å². The van der Waals surface area contributed by atoms with Gasteiger partial charge in [0.25, 0.3) is 0 Å². The second-order valence-corrected chi connectivity index (χ2v) is 8.26. The molecule has 0 aromatic heterocycles. The van der Waals surface area contributed by atoms with Gasteiger partial charge < -0.3 is 5.32 Å². The zero-order valence-electron chi connectivity index (χ0n) is 13.0. The molecule has 0 aliphatic rings. The van der Waals surface area contributed by atoms with Gasteiger partial charge >= 0.3 is 0 Å². The Hall–Kier alpha value is -0.770. The lowest BCUT2D eigenvalue weighted by Crippen LogP contribution is -2.35. The van der Waals surface area contributed by atoms with E-state index < -0.39 is 0 Å². The van der Waals surface area contributed by atoms with Gasteiger partial charge in [0.15, 0.2) is 0 Å². The zero-order valence-corrected chi connectivity index (χ0v) is 15.4. The van der Waals surface area contributed by atoms with Crippen LogP contribution in [0.3, 0.4) is 0 Å². The molecule has 0 heterocycles. The predicted molar refractivity (Wildman–Crippen MR) is 96.0 cm³/mol. The lowest BCUT2D eigenvalue weighted by molar-refractivity contribution is 0.424. The van der Waals surface area contributed by atoms with E-state index >= 15 is 0 Å². The fraction of sp³-hybridized carbons (Fsp3) is 0.333. The Morgan fingerprint density at radius 1 is 1.10 bits per heavy atom. The summed E-state index contributed by atoms with van der Waals surface area (Å²) in [6.07, 6.45) is 0. The molecule has 0 spiro atoms. The van der Waals surface area contributed by atoms with E-state index in [9.17, 15) is 0 Å². The molecule has 2 aromatic rings.